The molecule has 25 heavy (non-hydrogen) atoms. The van der Waals surface area contributed by atoms with Crippen molar-refractivity contribution < 1.29 is 12.8 Å². The molecular formula is C16H15ClN2O4S2. The van der Waals surface area contributed by atoms with Crippen LogP contribution in [-0.4, -0.2) is 35.7 Å². The van der Waals surface area contributed by atoms with Gasteiger partial charge in [-0.3, -0.25) is 9.36 Å². The average molecular weight is 399 g/mol. The number of thioether (sulfide) groups is 1. The zero-order valence-corrected chi connectivity index (χ0v) is 15.7. The SMILES string of the molecule is CS(=O)(=O)CCSc1nc2cc(Cl)ccc2c(=O)n1Cc1ccco1. The van der Waals surface area contributed by atoms with Gasteiger partial charge >= 0.3 is 0 Å². The second-order valence-electron chi connectivity index (χ2n) is 5.50. The van der Waals surface area contributed by atoms with Crippen LogP contribution < -0.4 is 5.56 Å². The highest BCUT2D eigenvalue weighted by atomic mass is 35.5. The molecule has 0 saturated heterocycles. The second kappa shape index (κ2) is 7.23. The van der Waals surface area contributed by atoms with Gasteiger partial charge in [-0.1, -0.05) is 23.4 Å². The Morgan fingerprint density at radius 1 is 1.32 bits per heavy atom. The van der Waals surface area contributed by atoms with Gasteiger partial charge in [0.25, 0.3) is 5.56 Å². The Morgan fingerprint density at radius 2 is 2.12 bits per heavy atom. The van der Waals surface area contributed by atoms with E-state index in [2.05, 4.69) is 4.98 Å². The Kier molecular flexibility index (Phi) is 5.21. The Hall–Kier alpha value is -1.77. The molecule has 0 radical (unpaired) electrons. The second-order valence-corrected chi connectivity index (χ2v) is 9.26. The number of rotatable bonds is 6. The van der Waals surface area contributed by atoms with Crippen molar-refractivity contribution in [2.24, 2.45) is 0 Å². The number of nitrogens with zero attached hydrogens (tertiary/aromatic N) is 2. The highest BCUT2D eigenvalue weighted by Gasteiger charge is 2.14. The van der Waals surface area contributed by atoms with Crippen molar-refractivity contribution in [2.45, 2.75) is 11.7 Å². The highest BCUT2D eigenvalue weighted by Crippen LogP contribution is 2.21. The summed E-state index contributed by atoms with van der Waals surface area (Å²) in [5.74, 6) is 0.916. The molecule has 6 nitrogen and oxygen atoms in total. The molecule has 0 amide bonds. The first kappa shape index (κ1) is 18.0. The van der Waals surface area contributed by atoms with Gasteiger partial charge in [0.05, 0.1) is 29.5 Å². The van der Waals surface area contributed by atoms with Gasteiger partial charge in [-0.2, -0.15) is 0 Å². The first-order valence-corrected chi connectivity index (χ1v) is 10.8. The molecule has 0 fully saturated rings. The van der Waals surface area contributed by atoms with Crippen molar-refractivity contribution in [3.8, 4) is 0 Å². The molecule has 3 rings (SSSR count). The van der Waals surface area contributed by atoms with Crippen molar-refractivity contribution in [1.29, 1.82) is 0 Å². The van der Waals surface area contributed by atoms with Crippen LogP contribution in [0.15, 0.2) is 51.0 Å². The maximum absolute atomic E-state index is 12.9. The molecule has 132 valence electrons. The molecule has 0 spiro atoms. The van der Waals surface area contributed by atoms with Gasteiger partial charge in [0.15, 0.2) is 5.16 Å². The standard InChI is InChI=1S/C16H15ClN2O4S2/c1-25(21,22)8-7-24-16-18-14-9-11(17)4-5-13(14)15(20)19(16)10-12-3-2-6-23-12/h2-6,9H,7-8,10H2,1H3. The Bertz CT molecular complexity index is 1060. The number of fused-ring (bicyclic) bond motifs is 1. The van der Waals surface area contributed by atoms with Gasteiger partial charge < -0.3 is 4.42 Å². The third kappa shape index (κ3) is 4.45. The molecule has 2 aromatic heterocycles. The van der Waals surface area contributed by atoms with Crippen LogP contribution in [0.2, 0.25) is 5.02 Å². The molecule has 3 aromatic rings. The minimum absolute atomic E-state index is 0.00186. The van der Waals surface area contributed by atoms with Crippen molar-refractivity contribution in [2.75, 3.05) is 17.8 Å². The van der Waals surface area contributed by atoms with Crippen LogP contribution >= 0.6 is 23.4 Å². The van der Waals surface area contributed by atoms with Gasteiger partial charge in [0.2, 0.25) is 0 Å². The summed E-state index contributed by atoms with van der Waals surface area (Å²) >= 11 is 7.21. The summed E-state index contributed by atoms with van der Waals surface area (Å²) in [4.78, 5) is 17.4. The lowest BCUT2D eigenvalue weighted by molar-refractivity contribution is 0.476. The summed E-state index contributed by atoms with van der Waals surface area (Å²) in [6, 6.07) is 8.40. The van der Waals surface area contributed by atoms with Gasteiger partial charge in [-0.05, 0) is 30.3 Å². The molecular weight excluding hydrogens is 384 g/mol. The molecule has 9 heteroatoms. The molecule has 0 aliphatic carbocycles. The predicted octanol–water partition coefficient (Wildman–Crippen LogP) is 2.83. The molecule has 2 heterocycles. The lowest BCUT2D eigenvalue weighted by Gasteiger charge is -2.12. The van der Waals surface area contributed by atoms with Crippen LogP contribution in [0.1, 0.15) is 5.76 Å². The molecule has 0 aliphatic rings. The quantitative estimate of drug-likeness (QED) is 0.469. The van der Waals surface area contributed by atoms with Crippen molar-refractivity contribution in [1.82, 2.24) is 9.55 Å². The topological polar surface area (TPSA) is 82.2 Å². The summed E-state index contributed by atoms with van der Waals surface area (Å²) < 4.78 is 29.5. The van der Waals surface area contributed by atoms with Crippen LogP contribution in [0.3, 0.4) is 0 Å². The van der Waals surface area contributed by atoms with Crippen LogP contribution in [0.25, 0.3) is 10.9 Å². The third-order valence-corrected chi connectivity index (χ3v) is 5.88. The normalized spacial score (nSPS) is 11.9. The summed E-state index contributed by atoms with van der Waals surface area (Å²) in [5, 5.41) is 1.36. The summed E-state index contributed by atoms with van der Waals surface area (Å²) in [6.07, 6.45) is 2.71. The molecule has 0 atom stereocenters. The molecule has 0 saturated carbocycles. The number of aromatic nitrogens is 2. The zero-order valence-electron chi connectivity index (χ0n) is 13.3. The largest absolute Gasteiger partial charge is 0.467 e. The highest BCUT2D eigenvalue weighted by molar-refractivity contribution is 8.00. The van der Waals surface area contributed by atoms with E-state index in [-0.39, 0.29) is 17.9 Å². The molecule has 0 aliphatic heterocycles. The maximum Gasteiger partial charge on any atom is 0.262 e. The van der Waals surface area contributed by atoms with E-state index in [1.807, 2.05) is 0 Å². The summed E-state index contributed by atoms with van der Waals surface area (Å²) in [5.41, 5.74) is 0.259. The Morgan fingerprint density at radius 3 is 2.80 bits per heavy atom. The number of halogens is 1. The van der Waals surface area contributed by atoms with Crippen LogP contribution in [0.4, 0.5) is 0 Å². The minimum Gasteiger partial charge on any atom is -0.467 e. The smallest absolute Gasteiger partial charge is 0.262 e. The zero-order chi connectivity index (χ0) is 18.0. The lowest BCUT2D eigenvalue weighted by Crippen LogP contribution is -2.24. The van der Waals surface area contributed by atoms with E-state index in [9.17, 15) is 13.2 Å². The number of hydrogen-bond donors (Lipinski definition) is 0. The predicted molar refractivity (Wildman–Crippen MR) is 99.3 cm³/mol. The average Bonchev–Trinajstić information content (AvgIpc) is 3.02. The van der Waals surface area contributed by atoms with Crippen molar-refractivity contribution in [3.63, 3.8) is 0 Å². The fourth-order valence-electron chi connectivity index (χ4n) is 2.27. The van der Waals surface area contributed by atoms with E-state index >= 15 is 0 Å². The van der Waals surface area contributed by atoms with E-state index in [4.69, 9.17) is 16.0 Å². The van der Waals surface area contributed by atoms with E-state index in [1.165, 1.54) is 28.8 Å². The van der Waals surface area contributed by atoms with Gasteiger partial charge in [-0.15, -0.1) is 0 Å². The van der Waals surface area contributed by atoms with E-state index in [0.717, 1.165) is 0 Å². The number of benzene rings is 1. The number of sulfone groups is 1. The Balaban J connectivity index is 2.05. The molecule has 0 unspecified atom stereocenters. The fourth-order valence-corrected chi connectivity index (χ4v) is 4.63. The Labute approximate surface area is 153 Å². The minimum atomic E-state index is -3.09. The lowest BCUT2D eigenvalue weighted by atomic mass is 10.2. The first-order valence-electron chi connectivity index (χ1n) is 7.36. The monoisotopic (exact) mass is 398 g/mol. The summed E-state index contributed by atoms with van der Waals surface area (Å²) in [6.45, 7) is 0.221. The van der Waals surface area contributed by atoms with Gasteiger partial charge in [-0.25, -0.2) is 13.4 Å². The van der Waals surface area contributed by atoms with E-state index in [1.54, 1.807) is 30.3 Å². The molecule has 1 aromatic carbocycles. The van der Waals surface area contributed by atoms with Gasteiger partial charge in [0.1, 0.15) is 15.6 Å². The molecule has 0 bridgehead atoms. The fraction of sp³-hybridized carbons (Fsp3) is 0.250. The maximum atomic E-state index is 12.9. The molecule has 0 N–H and O–H groups in total. The summed E-state index contributed by atoms with van der Waals surface area (Å²) in [7, 11) is -3.09. The van der Waals surface area contributed by atoms with Crippen molar-refractivity contribution >= 4 is 44.1 Å². The van der Waals surface area contributed by atoms with Crippen LogP contribution in [0, 0.1) is 0 Å². The van der Waals surface area contributed by atoms with E-state index < -0.39 is 9.84 Å². The van der Waals surface area contributed by atoms with Crippen molar-refractivity contribution in [3.05, 3.63) is 57.7 Å². The number of hydrogen-bond acceptors (Lipinski definition) is 6. The van der Waals surface area contributed by atoms with Gasteiger partial charge in [0, 0.05) is 17.0 Å². The number of furan rings is 1. The van der Waals surface area contributed by atoms with Crippen LogP contribution in [-0.2, 0) is 16.4 Å². The van der Waals surface area contributed by atoms with Crippen LogP contribution in [0.5, 0.6) is 0 Å². The third-order valence-electron chi connectivity index (χ3n) is 3.46. The van der Waals surface area contributed by atoms with E-state index in [0.29, 0.717) is 32.6 Å². The first-order chi connectivity index (χ1) is 11.8.